The molecule has 1 aromatic rings. The van der Waals surface area contributed by atoms with E-state index in [1.54, 1.807) is 14.1 Å². The average Bonchev–Trinajstić information content (AvgIpc) is 2.50. The van der Waals surface area contributed by atoms with E-state index in [0.717, 1.165) is 25.9 Å². The summed E-state index contributed by atoms with van der Waals surface area (Å²) in [6, 6.07) is 5.82. The Morgan fingerprint density at radius 1 is 1.36 bits per heavy atom. The Bertz CT molecular complexity index is 523. The molecule has 6 heteroatoms. The van der Waals surface area contributed by atoms with Gasteiger partial charge in [0.2, 0.25) is 0 Å². The van der Waals surface area contributed by atoms with Gasteiger partial charge in [0, 0.05) is 20.6 Å². The number of halogens is 2. The highest BCUT2D eigenvalue weighted by molar-refractivity contribution is 6.42. The van der Waals surface area contributed by atoms with E-state index in [9.17, 15) is 4.79 Å². The fraction of sp³-hybridized carbons (Fsp3) is 0.562. The number of hydrogen-bond donors (Lipinski definition) is 1. The molecule has 2 unspecified atom stereocenters. The van der Waals surface area contributed by atoms with E-state index in [-0.39, 0.29) is 6.09 Å². The fourth-order valence-corrected chi connectivity index (χ4v) is 3.12. The maximum Gasteiger partial charge on any atom is 0.409 e. The van der Waals surface area contributed by atoms with Crippen LogP contribution in [-0.4, -0.2) is 44.8 Å². The predicted octanol–water partition coefficient (Wildman–Crippen LogP) is 3.77. The summed E-state index contributed by atoms with van der Waals surface area (Å²) in [5.41, 5.74) is 1.19. The number of amides is 1. The van der Waals surface area contributed by atoms with Crippen molar-refractivity contribution < 1.29 is 9.53 Å². The Morgan fingerprint density at radius 3 is 2.82 bits per heavy atom. The molecule has 2 atom stereocenters. The molecule has 1 aliphatic heterocycles. The van der Waals surface area contributed by atoms with Crippen LogP contribution in [0.5, 0.6) is 0 Å². The Hall–Kier alpha value is -0.970. The van der Waals surface area contributed by atoms with Crippen LogP contribution >= 0.6 is 23.2 Å². The van der Waals surface area contributed by atoms with Gasteiger partial charge in [-0.1, -0.05) is 29.3 Å². The van der Waals surface area contributed by atoms with Crippen molar-refractivity contribution in [3.05, 3.63) is 33.8 Å². The van der Waals surface area contributed by atoms with E-state index in [0.29, 0.717) is 28.5 Å². The number of carbonyl (C=O) groups excluding carboxylic acids is 1. The monoisotopic (exact) mass is 344 g/mol. The molecular formula is C16H22Cl2N2O2. The smallest absolute Gasteiger partial charge is 0.409 e. The van der Waals surface area contributed by atoms with Crippen molar-refractivity contribution in [3.8, 4) is 0 Å². The minimum Gasteiger partial charge on any atom is -0.449 e. The summed E-state index contributed by atoms with van der Waals surface area (Å²) in [7, 11) is 3.37. The summed E-state index contributed by atoms with van der Waals surface area (Å²) in [4.78, 5) is 12.9. The lowest BCUT2D eigenvalue weighted by Crippen LogP contribution is -2.36. The third kappa shape index (κ3) is 4.51. The lowest BCUT2D eigenvalue weighted by Gasteiger charge is -2.32. The Labute approximate surface area is 141 Å². The molecule has 4 nitrogen and oxygen atoms in total. The van der Waals surface area contributed by atoms with Crippen LogP contribution in [0.3, 0.4) is 0 Å². The van der Waals surface area contributed by atoms with E-state index < -0.39 is 0 Å². The van der Waals surface area contributed by atoms with Crippen LogP contribution in [0.2, 0.25) is 10.0 Å². The minimum absolute atomic E-state index is 0.292. The molecular weight excluding hydrogens is 323 g/mol. The van der Waals surface area contributed by atoms with E-state index in [1.165, 1.54) is 10.5 Å². The van der Waals surface area contributed by atoms with Gasteiger partial charge < -0.3 is 15.0 Å². The maximum atomic E-state index is 11.5. The van der Waals surface area contributed by atoms with Gasteiger partial charge in [-0.3, -0.25) is 0 Å². The molecule has 122 valence electrons. The fourth-order valence-electron chi connectivity index (χ4n) is 2.82. The zero-order chi connectivity index (χ0) is 16.1. The average molecular weight is 345 g/mol. The number of ether oxygens (including phenoxy) is 1. The molecule has 2 rings (SSSR count). The zero-order valence-electron chi connectivity index (χ0n) is 12.9. The largest absolute Gasteiger partial charge is 0.449 e. The molecule has 0 spiro atoms. The van der Waals surface area contributed by atoms with Crippen LogP contribution in [0.15, 0.2) is 18.2 Å². The van der Waals surface area contributed by atoms with E-state index in [4.69, 9.17) is 27.9 Å². The molecule has 0 radical (unpaired) electrons. The van der Waals surface area contributed by atoms with Gasteiger partial charge in [0.1, 0.15) is 0 Å². The molecule has 0 aliphatic carbocycles. The second-order valence-electron chi connectivity index (χ2n) is 5.83. The van der Waals surface area contributed by atoms with Gasteiger partial charge in [0.15, 0.2) is 0 Å². The first-order valence-electron chi connectivity index (χ1n) is 7.48. The van der Waals surface area contributed by atoms with Crippen molar-refractivity contribution in [2.24, 2.45) is 5.92 Å². The van der Waals surface area contributed by atoms with Crippen LogP contribution in [0.25, 0.3) is 0 Å². The van der Waals surface area contributed by atoms with Gasteiger partial charge in [-0.15, -0.1) is 0 Å². The highest BCUT2D eigenvalue weighted by atomic mass is 35.5. The molecule has 1 aliphatic rings. The number of carbonyl (C=O) groups is 1. The summed E-state index contributed by atoms with van der Waals surface area (Å²) < 4.78 is 5.25. The molecule has 1 aromatic carbocycles. The normalized spacial score (nSPS) is 21.5. The van der Waals surface area contributed by atoms with Gasteiger partial charge >= 0.3 is 6.09 Å². The van der Waals surface area contributed by atoms with Crippen molar-refractivity contribution in [1.82, 2.24) is 10.2 Å². The number of benzene rings is 1. The standard InChI is InChI=1S/C16H22Cl2N2O2/c1-20(2)16(21)22-8-6-11-5-7-19-10-13(11)12-3-4-14(17)15(18)9-12/h3-4,9,11,13,19H,5-8,10H2,1-2H3. The first-order chi connectivity index (χ1) is 10.5. The maximum absolute atomic E-state index is 11.5. The molecule has 1 saturated heterocycles. The third-order valence-electron chi connectivity index (χ3n) is 4.08. The number of hydrogen-bond acceptors (Lipinski definition) is 3. The van der Waals surface area contributed by atoms with Crippen molar-refractivity contribution in [2.75, 3.05) is 33.8 Å². The van der Waals surface area contributed by atoms with Crippen LogP contribution in [0, 0.1) is 5.92 Å². The topological polar surface area (TPSA) is 41.6 Å². The molecule has 0 bridgehead atoms. The second kappa shape index (κ2) is 8.04. The molecule has 1 heterocycles. The summed E-state index contributed by atoms with van der Waals surface area (Å²) in [6.07, 6.45) is 1.62. The van der Waals surface area contributed by atoms with Gasteiger partial charge in [0.25, 0.3) is 0 Å². The Kier molecular flexibility index (Phi) is 6.36. The highest BCUT2D eigenvalue weighted by Gasteiger charge is 2.27. The SMILES string of the molecule is CN(C)C(=O)OCCC1CCNCC1c1ccc(Cl)c(Cl)c1. The molecule has 0 aromatic heterocycles. The molecule has 1 amide bonds. The van der Waals surface area contributed by atoms with Gasteiger partial charge in [-0.2, -0.15) is 0 Å². The second-order valence-corrected chi connectivity index (χ2v) is 6.64. The molecule has 1 N–H and O–H groups in total. The van der Waals surface area contributed by atoms with Gasteiger partial charge in [-0.25, -0.2) is 4.79 Å². The quantitative estimate of drug-likeness (QED) is 0.903. The van der Waals surface area contributed by atoms with Crippen molar-refractivity contribution in [2.45, 2.75) is 18.8 Å². The van der Waals surface area contributed by atoms with Gasteiger partial charge in [0.05, 0.1) is 16.7 Å². The Balaban J connectivity index is 1.98. The number of piperidine rings is 1. The first-order valence-corrected chi connectivity index (χ1v) is 8.24. The summed E-state index contributed by atoms with van der Waals surface area (Å²) >= 11 is 12.1. The van der Waals surface area contributed by atoms with Crippen LogP contribution in [-0.2, 0) is 4.74 Å². The van der Waals surface area contributed by atoms with Crippen molar-refractivity contribution in [3.63, 3.8) is 0 Å². The summed E-state index contributed by atoms with van der Waals surface area (Å²) in [5, 5.41) is 4.58. The third-order valence-corrected chi connectivity index (χ3v) is 4.82. The zero-order valence-corrected chi connectivity index (χ0v) is 14.5. The molecule has 0 saturated carbocycles. The predicted molar refractivity (Wildman–Crippen MR) is 89.8 cm³/mol. The lowest BCUT2D eigenvalue weighted by atomic mass is 9.80. The molecule has 1 fully saturated rings. The van der Waals surface area contributed by atoms with Crippen molar-refractivity contribution in [1.29, 1.82) is 0 Å². The highest BCUT2D eigenvalue weighted by Crippen LogP contribution is 2.34. The number of nitrogens with one attached hydrogen (secondary N) is 1. The number of rotatable bonds is 4. The lowest BCUT2D eigenvalue weighted by molar-refractivity contribution is 0.107. The summed E-state index contributed by atoms with van der Waals surface area (Å²) in [5.74, 6) is 0.829. The van der Waals surface area contributed by atoms with Crippen LogP contribution < -0.4 is 5.32 Å². The molecule has 22 heavy (non-hydrogen) atoms. The number of nitrogens with zero attached hydrogens (tertiary/aromatic N) is 1. The van der Waals surface area contributed by atoms with E-state index >= 15 is 0 Å². The first kappa shape index (κ1) is 17.4. The minimum atomic E-state index is -0.292. The Morgan fingerprint density at radius 2 is 2.14 bits per heavy atom. The van der Waals surface area contributed by atoms with Crippen LogP contribution in [0.1, 0.15) is 24.3 Å². The van der Waals surface area contributed by atoms with Gasteiger partial charge in [-0.05, 0) is 48.9 Å². The van der Waals surface area contributed by atoms with Crippen molar-refractivity contribution >= 4 is 29.3 Å². The van der Waals surface area contributed by atoms with E-state index in [2.05, 4.69) is 5.32 Å². The van der Waals surface area contributed by atoms with E-state index in [1.807, 2.05) is 18.2 Å². The van der Waals surface area contributed by atoms with Crippen LogP contribution in [0.4, 0.5) is 4.79 Å². The summed E-state index contributed by atoms with van der Waals surface area (Å²) in [6.45, 7) is 2.34.